The van der Waals surface area contributed by atoms with Crippen molar-refractivity contribution in [3.8, 4) is 6.07 Å². The molecule has 0 bridgehead atoms. The highest BCUT2D eigenvalue weighted by molar-refractivity contribution is 5.79. The molecule has 2 aliphatic heterocycles. The second-order valence-corrected chi connectivity index (χ2v) is 6.67. The first-order valence-corrected chi connectivity index (χ1v) is 7.62. The number of amides is 1. The summed E-state index contributed by atoms with van der Waals surface area (Å²) in [6, 6.07) is 2.77. The van der Waals surface area contributed by atoms with Gasteiger partial charge in [0.2, 0.25) is 5.91 Å². The molecule has 0 aliphatic carbocycles. The molecule has 2 heterocycles. The number of likely N-dealkylation sites (tertiary alicyclic amines) is 1. The first kappa shape index (κ1) is 15.3. The van der Waals surface area contributed by atoms with Gasteiger partial charge in [0.05, 0.1) is 12.6 Å². The van der Waals surface area contributed by atoms with Crippen LogP contribution in [0.15, 0.2) is 0 Å². The molecule has 0 spiro atoms. The SMILES string of the molecule is CC(C)C(C)(C#N)NC(=O)CN1CC2CCCNC2C1. The summed E-state index contributed by atoms with van der Waals surface area (Å²) in [5.41, 5.74) is -0.776. The zero-order valence-corrected chi connectivity index (χ0v) is 12.8. The van der Waals surface area contributed by atoms with Crippen LogP contribution in [-0.2, 0) is 4.79 Å². The molecular formula is C15H26N4O. The summed E-state index contributed by atoms with van der Waals surface area (Å²) >= 11 is 0. The molecule has 0 aromatic heterocycles. The van der Waals surface area contributed by atoms with Crippen molar-refractivity contribution in [2.45, 2.75) is 45.2 Å². The monoisotopic (exact) mass is 278 g/mol. The van der Waals surface area contributed by atoms with Gasteiger partial charge in [-0.3, -0.25) is 9.69 Å². The van der Waals surface area contributed by atoms with E-state index in [4.69, 9.17) is 0 Å². The van der Waals surface area contributed by atoms with Crippen molar-refractivity contribution in [1.29, 1.82) is 5.26 Å². The van der Waals surface area contributed by atoms with E-state index < -0.39 is 5.54 Å². The van der Waals surface area contributed by atoms with Gasteiger partial charge >= 0.3 is 0 Å². The van der Waals surface area contributed by atoms with Crippen molar-refractivity contribution in [2.75, 3.05) is 26.2 Å². The van der Waals surface area contributed by atoms with Crippen LogP contribution in [0.2, 0.25) is 0 Å². The number of carbonyl (C=O) groups is 1. The van der Waals surface area contributed by atoms with Gasteiger partial charge in [-0.05, 0) is 38.1 Å². The molecule has 112 valence electrons. The standard InChI is InChI=1S/C15H26N4O/c1-11(2)15(3,10-16)18-14(20)9-19-7-12-5-4-6-17-13(12)8-19/h11-13,17H,4-9H2,1-3H3,(H,18,20). The van der Waals surface area contributed by atoms with E-state index in [0.717, 1.165) is 19.6 Å². The van der Waals surface area contributed by atoms with Crippen molar-refractivity contribution in [2.24, 2.45) is 11.8 Å². The highest BCUT2D eigenvalue weighted by Gasteiger charge is 2.36. The largest absolute Gasteiger partial charge is 0.337 e. The van der Waals surface area contributed by atoms with Gasteiger partial charge in [-0.1, -0.05) is 13.8 Å². The molecule has 5 nitrogen and oxygen atoms in total. The van der Waals surface area contributed by atoms with Crippen LogP contribution >= 0.6 is 0 Å². The van der Waals surface area contributed by atoms with E-state index in [2.05, 4.69) is 21.6 Å². The highest BCUT2D eigenvalue weighted by atomic mass is 16.2. The van der Waals surface area contributed by atoms with Gasteiger partial charge in [-0.15, -0.1) is 0 Å². The van der Waals surface area contributed by atoms with Crippen LogP contribution < -0.4 is 10.6 Å². The molecule has 2 N–H and O–H groups in total. The molecule has 2 fully saturated rings. The Bertz CT molecular complexity index is 389. The topological polar surface area (TPSA) is 68.2 Å². The highest BCUT2D eigenvalue weighted by Crippen LogP contribution is 2.24. The van der Waals surface area contributed by atoms with E-state index in [1.54, 1.807) is 6.92 Å². The Morgan fingerprint density at radius 2 is 2.30 bits per heavy atom. The van der Waals surface area contributed by atoms with E-state index in [1.165, 1.54) is 12.8 Å². The van der Waals surface area contributed by atoms with Crippen molar-refractivity contribution in [1.82, 2.24) is 15.5 Å². The zero-order chi connectivity index (χ0) is 14.8. The Labute approximate surface area is 121 Å². The minimum absolute atomic E-state index is 0.0404. The van der Waals surface area contributed by atoms with E-state index >= 15 is 0 Å². The minimum Gasteiger partial charge on any atom is -0.337 e. The lowest BCUT2D eigenvalue weighted by Gasteiger charge is -2.28. The molecule has 0 aromatic carbocycles. The van der Waals surface area contributed by atoms with Gasteiger partial charge in [0.1, 0.15) is 5.54 Å². The van der Waals surface area contributed by atoms with Gasteiger partial charge in [0.15, 0.2) is 0 Å². The summed E-state index contributed by atoms with van der Waals surface area (Å²) in [7, 11) is 0. The lowest BCUT2D eigenvalue weighted by molar-refractivity contribution is -0.123. The molecule has 20 heavy (non-hydrogen) atoms. The fourth-order valence-electron chi connectivity index (χ4n) is 3.10. The first-order chi connectivity index (χ1) is 9.44. The molecule has 2 aliphatic rings. The summed E-state index contributed by atoms with van der Waals surface area (Å²) in [4.78, 5) is 14.4. The molecule has 5 heteroatoms. The summed E-state index contributed by atoms with van der Waals surface area (Å²) in [5, 5.41) is 15.7. The van der Waals surface area contributed by atoms with E-state index in [1.807, 2.05) is 13.8 Å². The minimum atomic E-state index is -0.776. The molecule has 2 rings (SSSR count). The van der Waals surface area contributed by atoms with Gasteiger partial charge in [-0.25, -0.2) is 0 Å². The van der Waals surface area contributed by atoms with Crippen LogP contribution in [0.3, 0.4) is 0 Å². The van der Waals surface area contributed by atoms with Crippen LogP contribution in [-0.4, -0.2) is 48.6 Å². The number of nitrogens with one attached hydrogen (secondary N) is 2. The van der Waals surface area contributed by atoms with Gasteiger partial charge < -0.3 is 10.6 Å². The summed E-state index contributed by atoms with van der Waals surface area (Å²) in [6.45, 7) is 9.15. The average molecular weight is 278 g/mol. The third-order valence-corrected chi connectivity index (χ3v) is 4.83. The quantitative estimate of drug-likeness (QED) is 0.795. The number of hydrogen-bond acceptors (Lipinski definition) is 4. The average Bonchev–Trinajstić information content (AvgIpc) is 2.79. The number of nitrogens with zero attached hydrogens (tertiary/aromatic N) is 2. The van der Waals surface area contributed by atoms with Gasteiger partial charge in [0, 0.05) is 19.1 Å². The summed E-state index contributed by atoms with van der Waals surface area (Å²) in [6.07, 6.45) is 2.50. The first-order valence-electron chi connectivity index (χ1n) is 7.62. The van der Waals surface area contributed by atoms with Crippen LogP contribution in [0.5, 0.6) is 0 Å². The molecule has 2 saturated heterocycles. The van der Waals surface area contributed by atoms with Gasteiger partial charge in [0.25, 0.3) is 0 Å². The molecule has 0 radical (unpaired) electrons. The molecule has 1 amide bonds. The summed E-state index contributed by atoms with van der Waals surface area (Å²) in [5.74, 6) is 0.740. The van der Waals surface area contributed by atoms with Crippen molar-refractivity contribution < 1.29 is 4.79 Å². The Morgan fingerprint density at radius 3 is 2.90 bits per heavy atom. The molecule has 3 atom stereocenters. The lowest BCUT2D eigenvalue weighted by Crippen LogP contribution is -2.51. The Kier molecular flexibility index (Phi) is 4.66. The van der Waals surface area contributed by atoms with E-state index in [-0.39, 0.29) is 11.8 Å². The van der Waals surface area contributed by atoms with Crippen molar-refractivity contribution >= 4 is 5.91 Å². The zero-order valence-electron chi connectivity index (χ0n) is 12.8. The Balaban J connectivity index is 1.85. The second-order valence-electron chi connectivity index (χ2n) is 6.67. The molecule has 3 unspecified atom stereocenters. The number of nitriles is 1. The lowest BCUT2D eigenvalue weighted by atomic mass is 9.90. The van der Waals surface area contributed by atoms with Crippen LogP contribution in [0.4, 0.5) is 0 Å². The predicted molar refractivity (Wildman–Crippen MR) is 78.0 cm³/mol. The Hall–Kier alpha value is -1.12. The number of carbonyl (C=O) groups excluding carboxylic acids is 1. The second kappa shape index (κ2) is 6.11. The fourth-order valence-corrected chi connectivity index (χ4v) is 3.10. The molecular weight excluding hydrogens is 252 g/mol. The van der Waals surface area contributed by atoms with Crippen LogP contribution in [0.25, 0.3) is 0 Å². The number of fused-ring (bicyclic) bond motifs is 1. The number of hydrogen-bond donors (Lipinski definition) is 2. The van der Waals surface area contributed by atoms with E-state index in [9.17, 15) is 10.1 Å². The maximum Gasteiger partial charge on any atom is 0.235 e. The maximum atomic E-state index is 12.2. The van der Waals surface area contributed by atoms with Crippen LogP contribution in [0.1, 0.15) is 33.6 Å². The van der Waals surface area contributed by atoms with Crippen molar-refractivity contribution in [3.63, 3.8) is 0 Å². The molecule has 0 saturated carbocycles. The van der Waals surface area contributed by atoms with E-state index in [0.29, 0.717) is 18.5 Å². The third-order valence-electron chi connectivity index (χ3n) is 4.83. The summed E-state index contributed by atoms with van der Waals surface area (Å²) < 4.78 is 0. The Morgan fingerprint density at radius 1 is 1.55 bits per heavy atom. The fraction of sp³-hybridized carbons (Fsp3) is 0.867. The third kappa shape index (κ3) is 3.31. The smallest absolute Gasteiger partial charge is 0.235 e. The maximum absolute atomic E-state index is 12.2. The predicted octanol–water partition coefficient (Wildman–Crippen LogP) is 0.725. The normalized spacial score (nSPS) is 29.6. The number of rotatable bonds is 4. The molecule has 0 aromatic rings. The number of piperidine rings is 1. The van der Waals surface area contributed by atoms with Crippen LogP contribution in [0, 0.1) is 23.2 Å². The van der Waals surface area contributed by atoms with Crippen molar-refractivity contribution in [3.05, 3.63) is 0 Å². The van der Waals surface area contributed by atoms with Gasteiger partial charge in [-0.2, -0.15) is 5.26 Å².